The fraction of sp³-hybridized carbons (Fsp3) is 0.682. The van der Waals surface area contributed by atoms with Gasteiger partial charge in [0.1, 0.15) is 5.75 Å². The van der Waals surface area contributed by atoms with Gasteiger partial charge < -0.3 is 10.1 Å². The molecule has 0 bridgehead atoms. The van der Waals surface area contributed by atoms with Crippen LogP contribution in [0.15, 0.2) is 24.3 Å². The largest absolute Gasteiger partial charge is 0.494 e. The van der Waals surface area contributed by atoms with Crippen molar-refractivity contribution >= 4 is 5.91 Å². The monoisotopic (exact) mass is 358 g/mol. The predicted octanol–water partition coefficient (Wildman–Crippen LogP) is 4.14. The minimum atomic E-state index is 0.198. The molecule has 4 heteroatoms. The Morgan fingerprint density at radius 2 is 1.85 bits per heavy atom. The van der Waals surface area contributed by atoms with Gasteiger partial charge in [-0.25, -0.2) is 0 Å². The molecule has 1 aliphatic carbocycles. The zero-order valence-corrected chi connectivity index (χ0v) is 16.2. The third-order valence-electron chi connectivity index (χ3n) is 5.78. The second-order valence-electron chi connectivity index (χ2n) is 7.83. The second-order valence-corrected chi connectivity index (χ2v) is 7.83. The van der Waals surface area contributed by atoms with E-state index >= 15 is 0 Å². The molecule has 0 radical (unpaired) electrons. The van der Waals surface area contributed by atoms with Crippen molar-refractivity contribution in [3.8, 4) is 5.75 Å². The van der Waals surface area contributed by atoms with E-state index in [0.717, 1.165) is 38.2 Å². The molecular formula is C22H34N2O2. The van der Waals surface area contributed by atoms with Crippen LogP contribution in [0, 0.1) is 5.92 Å². The molecule has 1 heterocycles. The number of hydrogen-bond donors (Lipinski definition) is 1. The molecule has 144 valence electrons. The van der Waals surface area contributed by atoms with Crippen LogP contribution >= 0.6 is 0 Å². The number of piperidine rings is 1. The highest BCUT2D eigenvalue weighted by Crippen LogP contribution is 2.23. The molecule has 0 spiro atoms. The molecule has 4 nitrogen and oxygen atoms in total. The number of rotatable bonds is 6. The number of hydrogen-bond acceptors (Lipinski definition) is 3. The number of benzene rings is 1. The SMILES string of the molecule is CCOc1cccc(CN2CCC(C(=O)NC3CCCCCC3)CC2)c1. The lowest BCUT2D eigenvalue weighted by molar-refractivity contribution is -0.127. The van der Waals surface area contributed by atoms with Crippen LogP contribution in [0.25, 0.3) is 0 Å². The Bertz CT molecular complexity index is 559. The van der Waals surface area contributed by atoms with E-state index in [1.54, 1.807) is 0 Å². The Balaban J connectivity index is 1.43. The summed E-state index contributed by atoms with van der Waals surface area (Å²) in [5.41, 5.74) is 1.29. The van der Waals surface area contributed by atoms with E-state index < -0.39 is 0 Å². The van der Waals surface area contributed by atoms with Gasteiger partial charge in [-0.2, -0.15) is 0 Å². The van der Waals surface area contributed by atoms with Crippen molar-refractivity contribution in [2.24, 2.45) is 5.92 Å². The van der Waals surface area contributed by atoms with Crippen LogP contribution < -0.4 is 10.1 Å². The average molecular weight is 359 g/mol. The highest BCUT2D eigenvalue weighted by atomic mass is 16.5. The molecule has 26 heavy (non-hydrogen) atoms. The molecule has 1 N–H and O–H groups in total. The van der Waals surface area contributed by atoms with Gasteiger partial charge in [0.2, 0.25) is 5.91 Å². The lowest BCUT2D eigenvalue weighted by atomic mass is 9.94. The quantitative estimate of drug-likeness (QED) is 0.777. The van der Waals surface area contributed by atoms with Crippen LogP contribution in [0.1, 0.15) is 63.9 Å². The molecule has 1 saturated heterocycles. The van der Waals surface area contributed by atoms with Gasteiger partial charge in [0, 0.05) is 18.5 Å². The molecule has 0 aromatic heterocycles. The van der Waals surface area contributed by atoms with E-state index in [4.69, 9.17) is 4.74 Å². The number of carbonyl (C=O) groups is 1. The first-order valence-corrected chi connectivity index (χ1v) is 10.5. The Morgan fingerprint density at radius 3 is 2.54 bits per heavy atom. The number of amides is 1. The first-order valence-electron chi connectivity index (χ1n) is 10.5. The predicted molar refractivity (Wildman–Crippen MR) is 105 cm³/mol. The molecule has 1 aromatic rings. The molecule has 1 aliphatic heterocycles. The maximum Gasteiger partial charge on any atom is 0.223 e. The lowest BCUT2D eigenvalue weighted by Gasteiger charge is -2.32. The van der Waals surface area contributed by atoms with Crippen LogP contribution in [0.3, 0.4) is 0 Å². The Labute approximate surface area is 158 Å². The first kappa shape index (κ1) is 19.2. The molecule has 2 aliphatic rings. The summed E-state index contributed by atoms with van der Waals surface area (Å²) in [4.78, 5) is 15.1. The van der Waals surface area contributed by atoms with Gasteiger partial charge in [0.15, 0.2) is 0 Å². The van der Waals surface area contributed by atoms with Gasteiger partial charge in [-0.05, 0) is 63.4 Å². The Hall–Kier alpha value is -1.55. The summed E-state index contributed by atoms with van der Waals surface area (Å²) in [6, 6.07) is 8.79. The van der Waals surface area contributed by atoms with Crippen molar-refractivity contribution in [3.05, 3.63) is 29.8 Å². The van der Waals surface area contributed by atoms with E-state index in [-0.39, 0.29) is 5.92 Å². The number of likely N-dealkylation sites (tertiary alicyclic amines) is 1. The third-order valence-corrected chi connectivity index (χ3v) is 5.78. The minimum Gasteiger partial charge on any atom is -0.494 e. The zero-order chi connectivity index (χ0) is 18.2. The molecule has 1 aromatic carbocycles. The maximum atomic E-state index is 12.6. The molecule has 0 atom stereocenters. The number of ether oxygens (including phenoxy) is 1. The van der Waals surface area contributed by atoms with Crippen molar-refractivity contribution in [1.29, 1.82) is 0 Å². The fourth-order valence-corrected chi connectivity index (χ4v) is 4.25. The second kappa shape index (κ2) is 9.96. The highest BCUT2D eigenvalue weighted by Gasteiger charge is 2.26. The molecule has 0 unspecified atom stereocenters. The van der Waals surface area contributed by atoms with Gasteiger partial charge >= 0.3 is 0 Å². The summed E-state index contributed by atoms with van der Waals surface area (Å²) in [5, 5.41) is 3.34. The third kappa shape index (κ3) is 5.73. The number of nitrogens with one attached hydrogen (secondary N) is 1. The van der Waals surface area contributed by atoms with Gasteiger partial charge in [-0.1, -0.05) is 37.8 Å². The summed E-state index contributed by atoms with van der Waals surface area (Å²) in [6.45, 7) is 5.66. The van der Waals surface area contributed by atoms with Crippen molar-refractivity contribution in [1.82, 2.24) is 10.2 Å². The summed E-state index contributed by atoms with van der Waals surface area (Å²) in [7, 11) is 0. The molecule has 1 amide bonds. The Kier molecular flexibility index (Phi) is 7.36. The maximum absolute atomic E-state index is 12.6. The van der Waals surface area contributed by atoms with E-state index in [9.17, 15) is 4.79 Å². The molecule has 1 saturated carbocycles. The van der Waals surface area contributed by atoms with Gasteiger partial charge in [0.05, 0.1) is 6.61 Å². The fourth-order valence-electron chi connectivity index (χ4n) is 4.25. The van der Waals surface area contributed by atoms with Gasteiger partial charge in [0.25, 0.3) is 0 Å². The average Bonchev–Trinajstić information content (AvgIpc) is 2.91. The normalized spacial score (nSPS) is 20.5. The summed E-state index contributed by atoms with van der Waals surface area (Å²) in [5.74, 6) is 1.45. The standard InChI is InChI=1S/C22H34N2O2/c1-2-26-21-11-7-8-18(16-21)17-24-14-12-19(13-15-24)22(25)23-20-9-5-3-4-6-10-20/h7-8,11,16,19-20H,2-6,9-10,12-15,17H2,1H3,(H,23,25). The van der Waals surface area contributed by atoms with E-state index in [1.807, 2.05) is 13.0 Å². The van der Waals surface area contributed by atoms with E-state index in [2.05, 4.69) is 28.4 Å². The van der Waals surface area contributed by atoms with E-state index in [0.29, 0.717) is 18.6 Å². The van der Waals surface area contributed by atoms with Crippen LogP contribution in [-0.2, 0) is 11.3 Å². The highest BCUT2D eigenvalue weighted by molar-refractivity contribution is 5.79. The van der Waals surface area contributed by atoms with E-state index in [1.165, 1.54) is 44.1 Å². The summed E-state index contributed by atoms with van der Waals surface area (Å²) < 4.78 is 5.59. The Morgan fingerprint density at radius 1 is 1.12 bits per heavy atom. The molecule has 3 rings (SSSR count). The van der Waals surface area contributed by atoms with Crippen molar-refractivity contribution in [2.75, 3.05) is 19.7 Å². The number of nitrogens with zero attached hydrogens (tertiary/aromatic N) is 1. The molecular weight excluding hydrogens is 324 g/mol. The van der Waals surface area contributed by atoms with Crippen molar-refractivity contribution in [3.63, 3.8) is 0 Å². The zero-order valence-electron chi connectivity index (χ0n) is 16.2. The first-order chi connectivity index (χ1) is 12.7. The van der Waals surface area contributed by atoms with Crippen LogP contribution in [-0.4, -0.2) is 36.5 Å². The van der Waals surface area contributed by atoms with Crippen molar-refractivity contribution < 1.29 is 9.53 Å². The van der Waals surface area contributed by atoms with Crippen LogP contribution in [0.5, 0.6) is 5.75 Å². The van der Waals surface area contributed by atoms with Crippen LogP contribution in [0.2, 0.25) is 0 Å². The minimum absolute atomic E-state index is 0.198. The van der Waals surface area contributed by atoms with Crippen LogP contribution in [0.4, 0.5) is 0 Å². The summed E-state index contributed by atoms with van der Waals surface area (Å²) >= 11 is 0. The van der Waals surface area contributed by atoms with Gasteiger partial charge in [-0.3, -0.25) is 9.69 Å². The van der Waals surface area contributed by atoms with Gasteiger partial charge in [-0.15, -0.1) is 0 Å². The van der Waals surface area contributed by atoms with Crippen molar-refractivity contribution in [2.45, 2.75) is 70.9 Å². The summed E-state index contributed by atoms with van der Waals surface area (Å²) in [6.07, 6.45) is 9.48. The lowest BCUT2D eigenvalue weighted by Crippen LogP contribution is -2.43. The topological polar surface area (TPSA) is 41.6 Å². The number of carbonyl (C=O) groups excluding carboxylic acids is 1. The molecule has 2 fully saturated rings. The smallest absolute Gasteiger partial charge is 0.223 e.